The zero-order chi connectivity index (χ0) is 59.2. The summed E-state index contributed by atoms with van der Waals surface area (Å²) in [6.07, 6.45) is 3.68. The van der Waals surface area contributed by atoms with E-state index < -0.39 is 0 Å². The average Bonchev–Trinajstić information content (AvgIpc) is 1.42. The minimum Gasteiger partial charge on any atom is -0.256 e. The van der Waals surface area contributed by atoms with Crippen molar-refractivity contribution in [3.8, 4) is 90.6 Å². The molecule has 0 aliphatic rings. The van der Waals surface area contributed by atoms with Crippen LogP contribution >= 0.6 is 0 Å². The summed E-state index contributed by atoms with van der Waals surface area (Å²) in [4.78, 5) is 54.5. The molecule has 0 unspecified atom stereocenters. The van der Waals surface area contributed by atoms with Gasteiger partial charge in [-0.3, -0.25) is 19.9 Å². The maximum Gasteiger partial charge on any atom is 0.182 e. The van der Waals surface area contributed by atoms with Crippen molar-refractivity contribution in [1.29, 1.82) is 0 Å². The van der Waals surface area contributed by atoms with Gasteiger partial charge in [-0.1, -0.05) is 182 Å². The van der Waals surface area contributed by atoms with E-state index in [0.29, 0.717) is 29.0 Å². The summed E-state index contributed by atoms with van der Waals surface area (Å²) in [5.74, 6) is 2.26. The third kappa shape index (κ3) is 10.2. The summed E-state index contributed by atoms with van der Waals surface area (Å²) >= 11 is 0. The molecule has 11 nitrogen and oxygen atoms in total. The summed E-state index contributed by atoms with van der Waals surface area (Å²) in [5.41, 5.74) is 20.7. The van der Waals surface area contributed by atoms with Crippen molar-refractivity contribution >= 4 is 65.4 Å². The molecular weight excluding hydrogens is 1080 g/mol. The third-order valence-corrected chi connectivity index (χ3v) is 16.1. The number of nitrogens with zero attached hydrogens (tertiary/aromatic N) is 11. The maximum atomic E-state index is 5.15. The Bertz CT molecular complexity index is 5050. The van der Waals surface area contributed by atoms with E-state index in [-0.39, 0.29) is 0 Å². The molecule has 0 spiro atoms. The first-order valence-corrected chi connectivity index (χ1v) is 29.2. The summed E-state index contributed by atoms with van der Waals surface area (Å²) in [6, 6.07) is 80.6. The van der Waals surface area contributed by atoms with Gasteiger partial charge < -0.3 is 0 Å². The molecule has 16 aromatic rings. The Morgan fingerprint density at radius 2 is 0.636 bits per heavy atom. The summed E-state index contributed by atoms with van der Waals surface area (Å²) in [7, 11) is 0. The van der Waals surface area contributed by atoms with Gasteiger partial charge in [0, 0.05) is 89.5 Å². The van der Waals surface area contributed by atoms with Crippen LogP contribution in [-0.4, -0.2) is 54.8 Å². The zero-order valence-electron chi connectivity index (χ0n) is 48.6. The topological polar surface area (TPSA) is 142 Å². The van der Waals surface area contributed by atoms with Crippen molar-refractivity contribution in [2.75, 3.05) is 0 Å². The number of para-hydroxylation sites is 2. The number of benzene rings is 8. The lowest BCUT2D eigenvalue weighted by atomic mass is 9.98. The SMILES string of the molecule is Cc1ccc2ccc3c(C)cc(-c4nc(-c5ccccc5)cc(-c5cccc(-c6cccc7cccnc67)c5)n4)nc3c2n1.Cc1ccc2ccc3c(C)cc(-c4nc(-c5ccccc5)nc(-c5cccc(-c6cccc7cccnc67)c5)n4)nc3c2n1. The van der Waals surface area contributed by atoms with Gasteiger partial charge in [0.15, 0.2) is 23.3 Å². The lowest BCUT2D eigenvalue weighted by Gasteiger charge is -2.12. The molecule has 0 radical (unpaired) electrons. The molecule has 0 aliphatic carbocycles. The molecule has 16 rings (SSSR count). The molecule has 11 heteroatoms. The molecule has 416 valence electrons. The second-order valence-electron chi connectivity index (χ2n) is 22.0. The highest BCUT2D eigenvalue weighted by Gasteiger charge is 2.19. The van der Waals surface area contributed by atoms with Gasteiger partial charge in [0.2, 0.25) is 0 Å². The maximum absolute atomic E-state index is 5.15. The first-order valence-electron chi connectivity index (χ1n) is 29.2. The lowest BCUT2D eigenvalue weighted by molar-refractivity contribution is 1.06. The molecule has 8 aromatic heterocycles. The molecule has 88 heavy (non-hydrogen) atoms. The highest BCUT2D eigenvalue weighted by molar-refractivity contribution is 6.06. The van der Waals surface area contributed by atoms with E-state index in [1.807, 2.05) is 111 Å². The molecule has 0 atom stereocenters. The first-order chi connectivity index (χ1) is 43.2. The van der Waals surface area contributed by atoms with Crippen molar-refractivity contribution in [2.24, 2.45) is 0 Å². The Balaban J connectivity index is 0.000000148. The van der Waals surface area contributed by atoms with Crippen molar-refractivity contribution in [1.82, 2.24) is 54.8 Å². The highest BCUT2D eigenvalue weighted by Crippen LogP contribution is 2.37. The van der Waals surface area contributed by atoms with Crippen molar-refractivity contribution < 1.29 is 0 Å². The van der Waals surface area contributed by atoms with Gasteiger partial charge in [0.05, 0.1) is 44.5 Å². The Morgan fingerprint density at radius 3 is 1.19 bits per heavy atom. The Morgan fingerprint density at radius 1 is 0.227 bits per heavy atom. The second-order valence-corrected chi connectivity index (χ2v) is 22.0. The van der Waals surface area contributed by atoms with Crippen LogP contribution in [0, 0.1) is 27.7 Å². The van der Waals surface area contributed by atoms with Gasteiger partial charge in [-0.15, -0.1) is 0 Å². The molecule has 0 saturated carbocycles. The monoisotopic (exact) mass is 1130 g/mol. The van der Waals surface area contributed by atoms with Gasteiger partial charge in [0.1, 0.15) is 11.4 Å². The molecule has 0 fully saturated rings. The number of fused-ring (bicyclic) bond motifs is 8. The number of hydrogen-bond acceptors (Lipinski definition) is 11. The van der Waals surface area contributed by atoms with Crippen LogP contribution in [0.2, 0.25) is 0 Å². The van der Waals surface area contributed by atoms with E-state index in [4.69, 9.17) is 44.9 Å². The van der Waals surface area contributed by atoms with E-state index in [9.17, 15) is 0 Å². The normalized spacial score (nSPS) is 11.4. The number of hydrogen-bond donors (Lipinski definition) is 0. The van der Waals surface area contributed by atoms with Crippen molar-refractivity contribution in [2.45, 2.75) is 27.7 Å². The van der Waals surface area contributed by atoms with Gasteiger partial charge >= 0.3 is 0 Å². The van der Waals surface area contributed by atoms with Crippen LogP contribution in [0.5, 0.6) is 0 Å². The zero-order valence-corrected chi connectivity index (χ0v) is 48.6. The molecule has 0 amide bonds. The fraction of sp³-hybridized carbons (Fsp3) is 0.0519. The first kappa shape index (κ1) is 53.1. The Hall–Kier alpha value is -11.7. The minimum absolute atomic E-state index is 0.515. The number of aryl methyl sites for hydroxylation is 4. The fourth-order valence-corrected chi connectivity index (χ4v) is 11.7. The third-order valence-electron chi connectivity index (χ3n) is 16.1. The summed E-state index contributed by atoms with van der Waals surface area (Å²) in [6.45, 7) is 8.22. The number of aromatic nitrogens is 11. The van der Waals surface area contributed by atoms with Gasteiger partial charge in [-0.25, -0.2) is 34.9 Å². The molecule has 0 saturated heterocycles. The quantitative estimate of drug-likeness (QED) is 0.134. The van der Waals surface area contributed by atoms with Crippen LogP contribution in [0.15, 0.2) is 249 Å². The Labute approximate surface area is 507 Å². The Kier molecular flexibility index (Phi) is 13.5. The van der Waals surface area contributed by atoms with Crippen LogP contribution in [-0.2, 0) is 0 Å². The lowest BCUT2D eigenvalue weighted by Crippen LogP contribution is -2.02. The van der Waals surface area contributed by atoms with E-state index in [2.05, 4.69) is 175 Å². The molecule has 0 N–H and O–H groups in total. The van der Waals surface area contributed by atoms with Crippen LogP contribution in [0.1, 0.15) is 22.5 Å². The van der Waals surface area contributed by atoms with Crippen LogP contribution in [0.25, 0.3) is 156 Å². The average molecular weight is 1130 g/mol. The largest absolute Gasteiger partial charge is 0.256 e. The summed E-state index contributed by atoms with van der Waals surface area (Å²) < 4.78 is 0. The second kappa shape index (κ2) is 22.4. The van der Waals surface area contributed by atoms with Gasteiger partial charge in [-0.2, -0.15) is 0 Å². The minimum atomic E-state index is 0.515. The molecular formula is C77H53N11. The van der Waals surface area contributed by atoms with Crippen molar-refractivity contribution in [3.05, 3.63) is 271 Å². The smallest absolute Gasteiger partial charge is 0.182 e. The summed E-state index contributed by atoms with van der Waals surface area (Å²) in [5, 5.41) is 6.46. The van der Waals surface area contributed by atoms with E-state index in [0.717, 1.165) is 150 Å². The standard InChI is InChI=1S/C39H27N5.C38H26N6/c1-24-21-35(42-38-31(24)19-18-28-17-16-25(2)41-37(28)38)39-43-33(26-9-4-3-5-10-26)23-34(44-39)30-13-6-12-29(22-30)32-15-7-11-27-14-8-20-40-36(27)32;1-23-21-32(41-35-30(23)19-18-26-17-16-24(2)40-34(26)35)38-43-36(27-9-4-3-5-10-27)42-37(44-38)29-13-6-12-28(22-29)31-15-7-11-25-14-8-20-39-33(25)31/h3-23H,1-2H3;3-22H,1-2H3. The number of rotatable bonds is 8. The molecule has 8 heterocycles. The van der Waals surface area contributed by atoms with Crippen LogP contribution in [0.3, 0.4) is 0 Å². The number of pyridine rings is 6. The van der Waals surface area contributed by atoms with Gasteiger partial charge in [0.25, 0.3) is 0 Å². The fourth-order valence-electron chi connectivity index (χ4n) is 11.7. The van der Waals surface area contributed by atoms with Crippen molar-refractivity contribution in [3.63, 3.8) is 0 Å². The highest BCUT2D eigenvalue weighted by atomic mass is 15.0. The van der Waals surface area contributed by atoms with E-state index in [1.165, 1.54) is 0 Å². The van der Waals surface area contributed by atoms with Gasteiger partial charge in [-0.05, 0) is 105 Å². The van der Waals surface area contributed by atoms with Crippen LogP contribution < -0.4 is 0 Å². The molecule has 0 bridgehead atoms. The van der Waals surface area contributed by atoms with E-state index in [1.54, 1.807) is 0 Å². The predicted molar refractivity (Wildman–Crippen MR) is 356 cm³/mol. The molecule has 8 aromatic carbocycles. The molecule has 0 aliphatic heterocycles. The predicted octanol–water partition coefficient (Wildman–Crippen LogP) is 18.2. The van der Waals surface area contributed by atoms with E-state index >= 15 is 0 Å². The van der Waals surface area contributed by atoms with Crippen LogP contribution in [0.4, 0.5) is 0 Å².